The van der Waals surface area contributed by atoms with Gasteiger partial charge in [-0.1, -0.05) is 29.8 Å². The van der Waals surface area contributed by atoms with Gasteiger partial charge in [0.25, 0.3) is 0 Å². The highest BCUT2D eigenvalue weighted by molar-refractivity contribution is 5.79. The second kappa shape index (κ2) is 4.88. The highest BCUT2D eigenvalue weighted by atomic mass is 16.2. The second-order valence-corrected chi connectivity index (χ2v) is 5.06. The minimum absolute atomic E-state index is 0.186. The van der Waals surface area contributed by atoms with Crippen molar-refractivity contribution in [3.05, 3.63) is 53.1 Å². The van der Waals surface area contributed by atoms with Crippen molar-refractivity contribution in [3.63, 3.8) is 0 Å². The molecule has 0 fully saturated rings. The van der Waals surface area contributed by atoms with Crippen molar-refractivity contribution in [2.75, 3.05) is 6.54 Å². The van der Waals surface area contributed by atoms with Gasteiger partial charge in [-0.25, -0.2) is 4.98 Å². The quantitative estimate of drug-likeness (QED) is 0.890. The van der Waals surface area contributed by atoms with E-state index in [-0.39, 0.29) is 5.91 Å². The summed E-state index contributed by atoms with van der Waals surface area (Å²) in [5.41, 5.74) is 4.45. The number of rotatable bonds is 2. The third-order valence-electron chi connectivity index (χ3n) is 3.57. The van der Waals surface area contributed by atoms with E-state index >= 15 is 0 Å². The Labute approximate surface area is 112 Å². The minimum atomic E-state index is 0.186. The maximum Gasteiger partial charge on any atom is 0.227 e. The van der Waals surface area contributed by atoms with Crippen molar-refractivity contribution in [1.82, 2.24) is 14.9 Å². The predicted molar refractivity (Wildman–Crippen MR) is 72.6 cm³/mol. The molecule has 0 aliphatic carbocycles. The normalized spacial score (nSPS) is 14.3. The van der Waals surface area contributed by atoms with Crippen LogP contribution in [0, 0.1) is 6.92 Å². The number of nitrogens with one attached hydrogen (secondary N) is 1. The number of aromatic amines is 1. The van der Waals surface area contributed by atoms with Gasteiger partial charge in [-0.3, -0.25) is 4.79 Å². The molecule has 4 heteroatoms. The second-order valence-electron chi connectivity index (χ2n) is 5.06. The Morgan fingerprint density at radius 2 is 2.37 bits per heavy atom. The van der Waals surface area contributed by atoms with Crippen molar-refractivity contribution in [2.24, 2.45) is 0 Å². The lowest BCUT2D eigenvalue weighted by Crippen LogP contribution is -2.37. The zero-order chi connectivity index (χ0) is 13.2. The topological polar surface area (TPSA) is 49.0 Å². The number of fused-ring (bicyclic) bond motifs is 1. The molecule has 1 N–H and O–H groups in total. The standard InChI is InChI=1S/C15H17N3O/c1-11-3-2-4-12(7-11)8-15(19)18-6-5-13-14(9-18)17-10-16-13/h2-4,7,10H,5-6,8-9H2,1H3,(H,16,17). The van der Waals surface area contributed by atoms with E-state index in [1.165, 1.54) is 5.56 Å². The Morgan fingerprint density at radius 1 is 1.47 bits per heavy atom. The highest BCUT2D eigenvalue weighted by Gasteiger charge is 2.22. The zero-order valence-corrected chi connectivity index (χ0v) is 11.0. The van der Waals surface area contributed by atoms with Crippen molar-refractivity contribution in [3.8, 4) is 0 Å². The summed E-state index contributed by atoms with van der Waals surface area (Å²) in [4.78, 5) is 21.6. The molecule has 0 saturated carbocycles. The summed E-state index contributed by atoms with van der Waals surface area (Å²) < 4.78 is 0. The number of H-pyrrole nitrogens is 1. The fourth-order valence-corrected chi connectivity index (χ4v) is 2.53. The highest BCUT2D eigenvalue weighted by Crippen LogP contribution is 2.16. The van der Waals surface area contributed by atoms with Crippen molar-refractivity contribution in [2.45, 2.75) is 26.3 Å². The van der Waals surface area contributed by atoms with Crippen LogP contribution in [0.3, 0.4) is 0 Å². The molecule has 19 heavy (non-hydrogen) atoms. The van der Waals surface area contributed by atoms with Gasteiger partial charge in [-0.05, 0) is 12.5 Å². The lowest BCUT2D eigenvalue weighted by Gasteiger charge is -2.26. The molecule has 0 unspecified atom stereocenters. The maximum atomic E-state index is 12.3. The zero-order valence-electron chi connectivity index (χ0n) is 11.0. The van der Waals surface area contributed by atoms with E-state index in [0.717, 1.165) is 29.9 Å². The first-order valence-electron chi connectivity index (χ1n) is 6.57. The van der Waals surface area contributed by atoms with Crippen LogP contribution in [-0.2, 0) is 24.2 Å². The molecule has 98 valence electrons. The number of carbonyl (C=O) groups is 1. The van der Waals surface area contributed by atoms with Crippen LogP contribution in [0.2, 0.25) is 0 Å². The summed E-state index contributed by atoms with van der Waals surface area (Å²) in [6.45, 7) is 3.47. The number of carbonyl (C=O) groups excluding carboxylic acids is 1. The smallest absolute Gasteiger partial charge is 0.227 e. The number of nitrogens with zero attached hydrogens (tertiary/aromatic N) is 2. The van der Waals surface area contributed by atoms with Crippen LogP contribution in [-0.4, -0.2) is 27.3 Å². The Hall–Kier alpha value is -2.10. The number of benzene rings is 1. The van der Waals surface area contributed by atoms with E-state index in [2.05, 4.69) is 16.0 Å². The molecular weight excluding hydrogens is 238 g/mol. The van der Waals surface area contributed by atoms with Gasteiger partial charge in [-0.2, -0.15) is 0 Å². The van der Waals surface area contributed by atoms with Gasteiger partial charge in [0.1, 0.15) is 0 Å². The molecule has 4 nitrogen and oxygen atoms in total. The van der Waals surface area contributed by atoms with Crippen molar-refractivity contribution < 1.29 is 4.79 Å². The largest absolute Gasteiger partial charge is 0.347 e. The molecule has 1 aromatic heterocycles. The molecular formula is C15H17N3O. The summed E-state index contributed by atoms with van der Waals surface area (Å²) in [6, 6.07) is 8.13. The molecule has 2 aromatic rings. The van der Waals surface area contributed by atoms with E-state index in [0.29, 0.717) is 13.0 Å². The van der Waals surface area contributed by atoms with Crippen LogP contribution in [0.1, 0.15) is 22.5 Å². The molecule has 1 aromatic carbocycles. The fourth-order valence-electron chi connectivity index (χ4n) is 2.53. The van der Waals surface area contributed by atoms with Gasteiger partial charge in [0.2, 0.25) is 5.91 Å². The first kappa shape index (κ1) is 12.0. The Bertz CT molecular complexity index is 603. The molecule has 1 aliphatic heterocycles. The summed E-state index contributed by atoms with van der Waals surface area (Å²) in [6.07, 6.45) is 3.03. The van der Waals surface area contributed by atoms with Crippen LogP contribution < -0.4 is 0 Å². The number of imidazole rings is 1. The molecule has 3 rings (SSSR count). The maximum absolute atomic E-state index is 12.3. The molecule has 0 atom stereocenters. The molecule has 0 radical (unpaired) electrons. The number of amides is 1. The molecule has 1 aliphatic rings. The molecule has 0 spiro atoms. The van der Waals surface area contributed by atoms with E-state index in [4.69, 9.17) is 0 Å². The van der Waals surface area contributed by atoms with Crippen LogP contribution >= 0.6 is 0 Å². The first-order chi connectivity index (χ1) is 9.22. The van der Waals surface area contributed by atoms with Gasteiger partial charge < -0.3 is 9.88 Å². The first-order valence-corrected chi connectivity index (χ1v) is 6.57. The average molecular weight is 255 g/mol. The number of hydrogen-bond acceptors (Lipinski definition) is 2. The average Bonchev–Trinajstić information content (AvgIpc) is 2.85. The Balaban J connectivity index is 1.69. The lowest BCUT2D eigenvalue weighted by atomic mass is 10.1. The van der Waals surface area contributed by atoms with Crippen molar-refractivity contribution >= 4 is 5.91 Å². The number of aryl methyl sites for hydroxylation is 1. The van der Waals surface area contributed by atoms with E-state index in [1.807, 2.05) is 30.0 Å². The molecule has 2 heterocycles. The molecule has 0 bridgehead atoms. The van der Waals surface area contributed by atoms with Crippen LogP contribution in [0.25, 0.3) is 0 Å². The predicted octanol–water partition coefficient (Wildman–Crippen LogP) is 1.85. The Kier molecular flexibility index (Phi) is 3.07. The third-order valence-corrected chi connectivity index (χ3v) is 3.57. The summed E-state index contributed by atoms with van der Waals surface area (Å²) in [7, 11) is 0. The SMILES string of the molecule is Cc1cccc(CC(=O)N2CCc3nc[nH]c3C2)c1. The van der Waals surface area contributed by atoms with Crippen LogP contribution in [0.15, 0.2) is 30.6 Å². The lowest BCUT2D eigenvalue weighted by molar-refractivity contribution is -0.131. The summed E-state index contributed by atoms with van der Waals surface area (Å²) >= 11 is 0. The third kappa shape index (κ3) is 2.52. The fraction of sp³-hybridized carbons (Fsp3) is 0.333. The van der Waals surface area contributed by atoms with Gasteiger partial charge in [0.15, 0.2) is 0 Å². The van der Waals surface area contributed by atoms with Gasteiger partial charge in [0.05, 0.1) is 30.7 Å². The number of aromatic nitrogens is 2. The minimum Gasteiger partial charge on any atom is -0.347 e. The monoisotopic (exact) mass is 255 g/mol. The molecule has 1 amide bonds. The van der Waals surface area contributed by atoms with E-state index in [1.54, 1.807) is 6.33 Å². The van der Waals surface area contributed by atoms with Crippen LogP contribution in [0.4, 0.5) is 0 Å². The van der Waals surface area contributed by atoms with E-state index in [9.17, 15) is 4.79 Å². The van der Waals surface area contributed by atoms with Gasteiger partial charge in [0, 0.05) is 13.0 Å². The Morgan fingerprint density at radius 3 is 3.21 bits per heavy atom. The number of hydrogen-bond donors (Lipinski definition) is 1. The van der Waals surface area contributed by atoms with Crippen molar-refractivity contribution in [1.29, 1.82) is 0 Å². The van der Waals surface area contributed by atoms with E-state index < -0.39 is 0 Å². The summed E-state index contributed by atoms with van der Waals surface area (Å²) in [5, 5.41) is 0. The summed E-state index contributed by atoms with van der Waals surface area (Å²) in [5.74, 6) is 0.186. The van der Waals surface area contributed by atoms with Crippen LogP contribution in [0.5, 0.6) is 0 Å². The van der Waals surface area contributed by atoms with Gasteiger partial charge in [-0.15, -0.1) is 0 Å². The molecule has 0 saturated heterocycles. The van der Waals surface area contributed by atoms with Gasteiger partial charge >= 0.3 is 0 Å².